The molecule has 0 aliphatic rings. The van der Waals surface area contributed by atoms with Crippen molar-refractivity contribution in [1.82, 2.24) is 4.98 Å². The molecule has 1 atom stereocenters. The highest BCUT2D eigenvalue weighted by Gasteiger charge is 2.30. The molecule has 0 aliphatic carbocycles. The summed E-state index contributed by atoms with van der Waals surface area (Å²) in [5, 5.41) is 21.3. The number of ether oxygens (including phenoxy) is 1. The Bertz CT molecular complexity index is 1320. The lowest BCUT2D eigenvalue weighted by molar-refractivity contribution is -0.0180. The zero-order valence-electron chi connectivity index (χ0n) is 19.1. The van der Waals surface area contributed by atoms with Gasteiger partial charge in [-0.25, -0.2) is 8.78 Å². The molecule has 1 aromatic heterocycles. The van der Waals surface area contributed by atoms with Gasteiger partial charge in [0.15, 0.2) is 0 Å². The van der Waals surface area contributed by atoms with E-state index in [1.807, 2.05) is 12.1 Å². The van der Waals surface area contributed by atoms with Crippen LogP contribution in [0.5, 0.6) is 11.5 Å². The van der Waals surface area contributed by atoms with Crippen molar-refractivity contribution >= 4 is 10.9 Å². The average Bonchev–Trinajstić information content (AvgIpc) is 2.87. The van der Waals surface area contributed by atoms with Gasteiger partial charge in [-0.15, -0.1) is 0 Å². The van der Waals surface area contributed by atoms with Crippen molar-refractivity contribution in [3.05, 3.63) is 106 Å². The Kier molecular flexibility index (Phi) is 7.46. The number of H-pyrrole nitrogens is 1. The molecule has 4 rings (SSSR count). The number of nitrogens with one attached hydrogen (secondary N) is 1. The summed E-state index contributed by atoms with van der Waals surface area (Å²) in [6, 6.07) is 21.2. The molecule has 182 valence electrons. The molecule has 0 fully saturated rings. The summed E-state index contributed by atoms with van der Waals surface area (Å²) < 4.78 is 34.1. The molecule has 3 N–H and O–H groups in total. The first kappa shape index (κ1) is 24.4. The number of phenols is 1. The van der Waals surface area contributed by atoms with E-state index < -0.39 is 12.0 Å². The number of hydrogen-bond acceptors (Lipinski definition) is 4. The van der Waals surface area contributed by atoms with Gasteiger partial charge in [0.1, 0.15) is 11.5 Å². The van der Waals surface area contributed by atoms with Gasteiger partial charge in [0.2, 0.25) is 5.56 Å². The van der Waals surface area contributed by atoms with Crippen molar-refractivity contribution in [3.63, 3.8) is 0 Å². The van der Waals surface area contributed by atoms with E-state index in [0.29, 0.717) is 35.1 Å². The number of aromatic nitrogens is 1. The summed E-state index contributed by atoms with van der Waals surface area (Å²) in [5.74, 6) is -2.33. The number of phenolic OH excluding ortho intramolecular Hbond substituents is 1. The van der Waals surface area contributed by atoms with E-state index in [2.05, 4.69) is 4.98 Å². The fourth-order valence-electron chi connectivity index (χ4n) is 4.07. The SMILES string of the molecule is O=c1ccc2c(C(O)CCc3ccc(OCCCC(F)(F)c4ccccc4)cc3)ccc(O)c2[nH]1. The number of aliphatic hydroxyl groups excluding tert-OH is 1. The first-order valence-electron chi connectivity index (χ1n) is 11.5. The van der Waals surface area contributed by atoms with Crippen LogP contribution >= 0.6 is 0 Å². The zero-order chi connectivity index (χ0) is 24.8. The molecule has 0 amide bonds. The third-order valence-corrected chi connectivity index (χ3v) is 6.00. The van der Waals surface area contributed by atoms with Gasteiger partial charge in [-0.1, -0.05) is 48.5 Å². The highest BCUT2D eigenvalue weighted by atomic mass is 19.3. The van der Waals surface area contributed by atoms with Gasteiger partial charge in [0.25, 0.3) is 5.92 Å². The number of aromatic hydroxyl groups is 1. The van der Waals surface area contributed by atoms with Gasteiger partial charge in [-0.05, 0) is 54.7 Å². The summed E-state index contributed by atoms with van der Waals surface area (Å²) >= 11 is 0. The monoisotopic (exact) mass is 479 g/mol. The van der Waals surface area contributed by atoms with Crippen LogP contribution in [-0.4, -0.2) is 21.8 Å². The Morgan fingerprint density at radius 1 is 0.943 bits per heavy atom. The fourth-order valence-corrected chi connectivity index (χ4v) is 4.07. The summed E-state index contributed by atoms with van der Waals surface area (Å²) in [6.07, 6.45) is 0.185. The second-order valence-electron chi connectivity index (χ2n) is 8.51. The second-order valence-corrected chi connectivity index (χ2v) is 8.51. The number of alkyl halides is 2. The van der Waals surface area contributed by atoms with Crippen LogP contribution in [0, 0.1) is 0 Å². The van der Waals surface area contributed by atoms with Crippen molar-refractivity contribution in [1.29, 1.82) is 0 Å². The van der Waals surface area contributed by atoms with Crippen molar-refractivity contribution in [3.8, 4) is 11.5 Å². The molecule has 0 spiro atoms. The molecule has 35 heavy (non-hydrogen) atoms. The van der Waals surface area contributed by atoms with E-state index in [9.17, 15) is 23.8 Å². The van der Waals surface area contributed by atoms with Crippen LogP contribution < -0.4 is 10.3 Å². The predicted octanol–water partition coefficient (Wildman–Crippen LogP) is 5.85. The Morgan fingerprint density at radius 3 is 2.43 bits per heavy atom. The first-order valence-corrected chi connectivity index (χ1v) is 11.5. The lowest BCUT2D eigenvalue weighted by Crippen LogP contribution is -2.14. The third kappa shape index (κ3) is 6.05. The van der Waals surface area contributed by atoms with Crippen LogP contribution in [-0.2, 0) is 12.3 Å². The van der Waals surface area contributed by atoms with Gasteiger partial charge < -0.3 is 19.9 Å². The number of benzene rings is 3. The lowest BCUT2D eigenvalue weighted by atomic mass is 9.97. The summed E-state index contributed by atoms with van der Waals surface area (Å²) in [5.41, 5.74) is 1.61. The minimum absolute atomic E-state index is 0.0140. The molecule has 5 nitrogen and oxygen atoms in total. The van der Waals surface area contributed by atoms with E-state index in [1.54, 1.807) is 42.5 Å². The first-order chi connectivity index (χ1) is 16.8. The molecule has 7 heteroatoms. The van der Waals surface area contributed by atoms with Gasteiger partial charge in [-0.3, -0.25) is 4.79 Å². The number of halogens is 2. The molecule has 1 unspecified atom stereocenters. The van der Waals surface area contributed by atoms with Gasteiger partial charge >= 0.3 is 0 Å². The van der Waals surface area contributed by atoms with E-state index >= 15 is 0 Å². The molecule has 0 radical (unpaired) electrons. The van der Waals surface area contributed by atoms with Crippen LogP contribution in [0.25, 0.3) is 10.9 Å². The van der Waals surface area contributed by atoms with Crippen molar-refractivity contribution < 1.29 is 23.7 Å². The van der Waals surface area contributed by atoms with Gasteiger partial charge in [0, 0.05) is 23.4 Å². The fraction of sp³-hybridized carbons (Fsp3) is 0.250. The number of rotatable bonds is 10. The summed E-state index contributed by atoms with van der Waals surface area (Å²) in [7, 11) is 0. The molecule has 0 bridgehead atoms. The largest absolute Gasteiger partial charge is 0.506 e. The normalized spacial score (nSPS) is 12.5. The minimum atomic E-state index is -2.88. The van der Waals surface area contributed by atoms with Crippen LogP contribution in [0.15, 0.2) is 83.7 Å². The van der Waals surface area contributed by atoms with Crippen molar-refractivity contribution in [2.24, 2.45) is 0 Å². The Labute approximate surface area is 201 Å². The highest BCUT2D eigenvalue weighted by Crippen LogP contribution is 2.33. The quantitative estimate of drug-likeness (QED) is 0.249. The Balaban J connectivity index is 1.28. The molecule has 3 aromatic carbocycles. The Hall–Kier alpha value is -3.71. The number of hydrogen-bond donors (Lipinski definition) is 3. The van der Waals surface area contributed by atoms with E-state index in [4.69, 9.17) is 4.74 Å². The molecule has 0 saturated carbocycles. The smallest absolute Gasteiger partial charge is 0.273 e. The summed E-state index contributed by atoms with van der Waals surface area (Å²) in [4.78, 5) is 14.2. The minimum Gasteiger partial charge on any atom is -0.506 e. The third-order valence-electron chi connectivity index (χ3n) is 6.00. The molecule has 1 heterocycles. The Morgan fingerprint density at radius 2 is 1.69 bits per heavy atom. The molecular formula is C28H27F2NO4. The number of aromatic amines is 1. The maximum Gasteiger partial charge on any atom is 0.273 e. The number of pyridine rings is 1. The van der Waals surface area contributed by atoms with E-state index in [1.165, 1.54) is 24.3 Å². The lowest BCUT2D eigenvalue weighted by Gasteiger charge is -2.17. The molecule has 0 saturated heterocycles. The molecular weight excluding hydrogens is 452 g/mol. The topological polar surface area (TPSA) is 82.6 Å². The van der Waals surface area contributed by atoms with Crippen LogP contribution in [0.3, 0.4) is 0 Å². The standard InChI is InChI=1S/C28H27F2NO4/c29-28(30,20-5-2-1-3-6-20)17-4-18-35-21-10-7-19(8-11-21)9-14-24(32)22-12-15-25(33)27-23(22)13-16-26(34)31-27/h1-3,5-8,10-13,15-16,24,32-33H,4,9,14,17-18H2,(H,31,34). The average molecular weight is 480 g/mol. The van der Waals surface area contributed by atoms with Gasteiger partial charge in [0.05, 0.1) is 18.2 Å². The summed E-state index contributed by atoms with van der Waals surface area (Å²) in [6.45, 7) is 0.191. The zero-order valence-corrected chi connectivity index (χ0v) is 19.1. The number of fused-ring (bicyclic) bond motifs is 1. The van der Waals surface area contributed by atoms with Crippen LogP contribution in [0.2, 0.25) is 0 Å². The van der Waals surface area contributed by atoms with Crippen molar-refractivity contribution in [2.75, 3.05) is 6.61 Å². The van der Waals surface area contributed by atoms with Crippen LogP contribution in [0.1, 0.15) is 42.1 Å². The van der Waals surface area contributed by atoms with E-state index in [0.717, 1.165) is 5.56 Å². The maximum absolute atomic E-state index is 14.2. The second kappa shape index (κ2) is 10.7. The van der Waals surface area contributed by atoms with Crippen LogP contribution in [0.4, 0.5) is 8.78 Å². The maximum atomic E-state index is 14.2. The number of aliphatic hydroxyl groups is 1. The highest BCUT2D eigenvalue weighted by molar-refractivity contribution is 5.87. The number of aryl methyl sites for hydroxylation is 1. The predicted molar refractivity (Wildman–Crippen MR) is 131 cm³/mol. The van der Waals surface area contributed by atoms with Crippen molar-refractivity contribution in [2.45, 2.75) is 37.7 Å². The van der Waals surface area contributed by atoms with E-state index in [-0.39, 0.29) is 36.3 Å². The molecule has 4 aromatic rings. The van der Waals surface area contributed by atoms with Gasteiger partial charge in [-0.2, -0.15) is 0 Å². The molecule has 0 aliphatic heterocycles.